The number of H-pyrrole nitrogens is 3. The smallest absolute Gasteiger partial charge is 0.331 e. The lowest BCUT2D eigenvalue weighted by molar-refractivity contribution is 0.409. The minimum Gasteiger partial charge on any atom is -0.440 e. The van der Waals surface area contributed by atoms with Gasteiger partial charge < -0.3 is 9.47 Å². The molecule has 5 rings (SSSR count). The third kappa shape index (κ3) is 9.09. The molecule has 0 aliphatic heterocycles. The van der Waals surface area contributed by atoms with Crippen LogP contribution in [-0.4, -0.2) is 24.5 Å². The van der Waals surface area contributed by atoms with Crippen LogP contribution in [0.15, 0.2) is 78.4 Å². The van der Waals surface area contributed by atoms with Crippen molar-refractivity contribution in [3.05, 3.63) is 140 Å². The summed E-state index contributed by atoms with van der Waals surface area (Å²) in [7, 11) is 0. The molecule has 3 heterocycles. The van der Waals surface area contributed by atoms with Crippen LogP contribution in [0.25, 0.3) is 0 Å². The first kappa shape index (κ1) is 35.9. The third-order valence-corrected chi connectivity index (χ3v) is 7.64. The van der Waals surface area contributed by atoms with E-state index in [4.69, 9.17) is 9.47 Å². The van der Waals surface area contributed by atoms with Gasteiger partial charge >= 0.3 is 11.4 Å². The molecule has 0 fully saturated rings. The molecule has 0 radical (unpaired) electrons. The van der Waals surface area contributed by atoms with Crippen molar-refractivity contribution in [1.82, 2.24) is 24.5 Å². The fourth-order valence-corrected chi connectivity index (χ4v) is 5.70. The molecule has 5 aromatic rings. The van der Waals surface area contributed by atoms with E-state index in [1.54, 1.807) is 0 Å². The third-order valence-electron chi connectivity index (χ3n) is 7.20. The van der Waals surface area contributed by atoms with E-state index < -0.39 is 22.5 Å². The molecule has 0 aliphatic carbocycles. The highest BCUT2D eigenvalue weighted by Crippen LogP contribution is 2.29. The van der Waals surface area contributed by atoms with Gasteiger partial charge in [0.05, 0.1) is 23.4 Å². The second-order valence-corrected chi connectivity index (χ2v) is 13.1. The fraction of sp³-hybridized carbons (Fsp3) is 0.306. The molecule has 48 heavy (non-hydrogen) atoms. The number of aromatic amines is 3. The highest BCUT2D eigenvalue weighted by atomic mass is 79.9. The predicted octanol–water partition coefficient (Wildman–Crippen LogP) is 6.87. The van der Waals surface area contributed by atoms with Crippen molar-refractivity contribution < 1.29 is 9.47 Å². The van der Waals surface area contributed by atoms with E-state index in [-0.39, 0.29) is 30.1 Å². The van der Waals surface area contributed by atoms with Crippen molar-refractivity contribution in [2.24, 2.45) is 0 Å². The first-order chi connectivity index (χ1) is 22.6. The van der Waals surface area contributed by atoms with E-state index >= 15 is 0 Å². The number of rotatable bonds is 8. The number of ether oxygens (including phenoxy) is 2. The highest BCUT2D eigenvalue weighted by molar-refractivity contribution is 9.10. The number of nitrogens with one attached hydrogen (secondary N) is 3. The van der Waals surface area contributed by atoms with E-state index in [1.807, 2.05) is 110 Å². The zero-order valence-electron chi connectivity index (χ0n) is 28.3. The first-order valence-electron chi connectivity index (χ1n) is 15.5. The summed E-state index contributed by atoms with van der Waals surface area (Å²) in [6.07, 6.45) is 0. The summed E-state index contributed by atoms with van der Waals surface area (Å²) in [5, 5.41) is 0. The number of hydrogen-bond acceptors (Lipinski definition) is 7. The Morgan fingerprint density at radius 3 is 1.75 bits per heavy atom. The zero-order chi connectivity index (χ0) is 35.3. The van der Waals surface area contributed by atoms with Crippen molar-refractivity contribution in [2.75, 3.05) is 0 Å². The zero-order valence-corrected chi connectivity index (χ0v) is 29.9. The molecular formula is C36H40BrN5O6. The minimum atomic E-state index is -0.571. The topological polar surface area (TPSA) is 152 Å². The lowest BCUT2D eigenvalue weighted by Crippen LogP contribution is -2.34. The Balaban J connectivity index is 0.000000229. The van der Waals surface area contributed by atoms with Crippen molar-refractivity contribution in [1.29, 1.82) is 0 Å². The molecule has 0 unspecified atom stereocenters. The second kappa shape index (κ2) is 15.3. The van der Waals surface area contributed by atoms with Crippen molar-refractivity contribution in [3.8, 4) is 23.3 Å². The molecule has 0 saturated heterocycles. The SMILES string of the molecule is Cc1cc(C)cc(Oc2[nH]c(=O)[nH]c(=O)c2C(C)C)c1.Cc1cc(C)cc(Oc2c(C(C)C)c(=O)[nH]c(=O)n2Cc2cccc(Br)n2)c1. The van der Waals surface area contributed by atoms with E-state index in [0.29, 0.717) is 32.9 Å². The molecule has 2 aromatic carbocycles. The first-order valence-corrected chi connectivity index (χ1v) is 16.3. The summed E-state index contributed by atoms with van der Waals surface area (Å²) < 4.78 is 13.9. The Morgan fingerprint density at radius 2 is 1.23 bits per heavy atom. The molecule has 12 heteroatoms. The van der Waals surface area contributed by atoms with Gasteiger partial charge in [-0.25, -0.2) is 14.6 Å². The molecule has 11 nitrogen and oxygen atoms in total. The summed E-state index contributed by atoms with van der Waals surface area (Å²) in [5.74, 6) is 1.45. The summed E-state index contributed by atoms with van der Waals surface area (Å²) in [6, 6.07) is 17.0. The quantitative estimate of drug-likeness (QED) is 0.148. The van der Waals surface area contributed by atoms with Crippen LogP contribution in [0.4, 0.5) is 0 Å². The summed E-state index contributed by atoms with van der Waals surface area (Å²) in [6.45, 7) is 15.6. The number of aromatic nitrogens is 5. The van der Waals surface area contributed by atoms with Crippen LogP contribution in [0, 0.1) is 27.7 Å². The fourth-order valence-electron chi connectivity index (χ4n) is 5.32. The average molecular weight is 719 g/mol. The van der Waals surface area contributed by atoms with Gasteiger partial charge in [0.15, 0.2) is 0 Å². The molecule has 0 aliphatic rings. The van der Waals surface area contributed by atoms with Gasteiger partial charge in [-0.3, -0.25) is 29.1 Å². The maximum atomic E-state index is 12.6. The van der Waals surface area contributed by atoms with Gasteiger partial charge in [-0.2, -0.15) is 0 Å². The molecule has 0 amide bonds. The van der Waals surface area contributed by atoms with Gasteiger partial charge in [0.25, 0.3) is 11.1 Å². The van der Waals surface area contributed by atoms with Crippen LogP contribution in [-0.2, 0) is 6.54 Å². The van der Waals surface area contributed by atoms with Gasteiger partial charge in [0.2, 0.25) is 11.8 Å². The largest absolute Gasteiger partial charge is 0.440 e. The van der Waals surface area contributed by atoms with Gasteiger partial charge in [0.1, 0.15) is 16.1 Å². The van der Waals surface area contributed by atoms with E-state index in [0.717, 1.165) is 22.3 Å². The standard InChI is InChI=1S/C21H22BrN3O3.C15H18N2O3/c1-12(2)18-19(26)24-21(27)25(11-15-6-5-7-17(22)23-15)20(18)28-16-9-13(3)8-14(4)10-16;1-8(2)12-13(18)16-15(19)17-14(12)20-11-6-9(3)5-10(4)7-11/h5-10,12H,11H2,1-4H3,(H,24,26,27);5-8H,1-4H3,(H2,16,17,18,19). The highest BCUT2D eigenvalue weighted by Gasteiger charge is 2.21. The van der Waals surface area contributed by atoms with E-state index in [2.05, 4.69) is 35.9 Å². The van der Waals surface area contributed by atoms with Gasteiger partial charge in [-0.05, 0) is 114 Å². The van der Waals surface area contributed by atoms with Crippen LogP contribution >= 0.6 is 15.9 Å². The Bertz CT molecular complexity index is 2140. The van der Waals surface area contributed by atoms with E-state index in [1.165, 1.54) is 4.57 Å². The van der Waals surface area contributed by atoms with Gasteiger partial charge in [-0.15, -0.1) is 0 Å². The number of halogens is 1. The molecule has 3 aromatic heterocycles. The number of aryl methyl sites for hydroxylation is 4. The van der Waals surface area contributed by atoms with E-state index in [9.17, 15) is 19.2 Å². The Morgan fingerprint density at radius 1 is 0.708 bits per heavy atom. The number of benzene rings is 2. The summed E-state index contributed by atoms with van der Waals surface area (Å²) in [5.41, 5.74) is 3.76. The monoisotopic (exact) mass is 717 g/mol. The normalized spacial score (nSPS) is 11.0. The minimum absolute atomic E-state index is 0.0588. The molecule has 0 bridgehead atoms. The Labute approximate surface area is 286 Å². The van der Waals surface area contributed by atoms with Crippen molar-refractivity contribution in [2.45, 2.75) is 73.8 Å². The van der Waals surface area contributed by atoms with Crippen molar-refractivity contribution in [3.63, 3.8) is 0 Å². The average Bonchev–Trinajstić information content (AvgIpc) is 2.93. The predicted molar refractivity (Wildman–Crippen MR) is 190 cm³/mol. The number of hydrogen-bond donors (Lipinski definition) is 3. The molecule has 0 saturated carbocycles. The summed E-state index contributed by atoms with van der Waals surface area (Å²) >= 11 is 3.34. The van der Waals surface area contributed by atoms with Gasteiger partial charge in [-0.1, -0.05) is 45.9 Å². The molecule has 0 spiro atoms. The lowest BCUT2D eigenvalue weighted by atomic mass is 10.1. The number of pyridine rings is 1. The Kier molecular flexibility index (Phi) is 11.4. The maximum absolute atomic E-state index is 12.6. The molecule has 252 valence electrons. The molecule has 0 atom stereocenters. The van der Waals surface area contributed by atoms with Crippen molar-refractivity contribution >= 4 is 15.9 Å². The Hall–Kier alpha value is -4.97. The van der Waals surface area contributed by atoms with Crippen LogP contribution in [0.2, 0.25) is 0 Å². The lowest BCUT2D eigenvalue weighted by Gasteiger charge is -2.18. The summed E-state index contributed by atoms with van der Waals surface area (Å²) in [4.78, 5) is 60.0. The number of nitrogens with zero attached hydrogens (tertiary/aromatic N) is 2. The van der Waals surface area contributed by atoms with Crippen LogP contribution in [0.3, 0.4) is 0 Å². The van der Waals surface area contributed by atoms with Gasteiger partial charge in [0, 0.05) is 0 Å². The molecule has 3 N–H and O–H groups in total. The van der Waals surface area contributed by atoms with Crippen LogP contribution in [0.1, 0.15) is 78.6 Å². The van der Waals surface area contributed by atoms with Crippen LogP contribution in [0.5, 0.6) is 23.3 Å². The molecular weight excluding hydrogens is 678 g/mol. The maximum Gasteiger partial charge on any atom is 0.331 e. The second-order valence-electron chi connectivity index (χ2n) is 12.3. The van der Waals surface area contributed by atoms with Crippen LogP contribution < -0.4 is 32.0 Å².